The van der Waals surface area contributed by atoms with Gasteiger partial charge >= 0.3 is 0 Å². The minimum atomic E-state index is 0. The van der Waals surface area contributed by atoms with E-state index in [-0.39, 0.29) is 24.0 Å². The van der Waals surface area contributed by atoms with E-state index in [1.54, 1.807) is 11.3 Å². The monoisotopic (exact) mass is 527 g/mol. The van der Waals surface area contributed by atoms with Gasteiger partial charge in [0, 0.05) is 42.2 Å². The molecule has 1 aliphatic heterocycles. The zero-order chi connectivity index (χ0) is 19.9. The van der Waals surface area contributed by atoms with Crippen molar-refractivity contribution in [3.05, 3.63) is 40.9 Å². The maximum Gasteiger partial charge on any atom is 0.191 e. The summed E-state index contributed by atoms with van der Waals surface area (Å²) in [5.74, 6) is 0.916. The van der Waals surface area contributed by atoms with Gasteiger partial charge in [-0.2, -0.15) is 0 Å². The first kappa shape index (κ1) is 24.1. The molecule has 7 heteroatoms. The van der Waals surface area contributed by atoms with Gasteiger partial charge in [0.2, 0.25) is 0 Å². The zero-order valence-electron chi connectivity index (χ0n) is 17.9. The Morgan fingerprint density at radius 3 is 2.55 bits per heavy atom. The van der Waals surface area contributed by atoms with Gasteiger partial charge in [-0.15, -0.1) is 35.3 Å². The van der Waals surface area contributed by atoms with Crippen LogP contribution in [0, 0.1) is 6.92 Å². The molecule has 0 unspecified atom stereocenters. The molecule has 3 rings (SSSR count). The fourth-order valence-electron chi connectivity index (χ4n) is 3.50. The highest BCUT2D eigenvalue weighted by Gasteiger charge is 2.21. The number of benzene rings is 1. The molecule has 1 aromatic carbocycles. The number of likely N-dealkylation sites (tertiary alicyclic amines) is 1. The molecule has 0 aliphatic carbocycles. The van der Waals surface area contributed by atoms with Crippen molar-refractivity contribution in [1.82, 2.24) is 20.5 Å². The molecule has 0 radical (unpaired) electrons. The third-order valence-electron chi connectivity index (χ3n) is 5.24. The summed E-state index contributed by atoms with van der Waals surface area (Å²) in [5.41, 5.74) is 2.25. The van der Waals surface area contributed by atoms with E-state index in [0.717, 1.165) is 36.3 Å². The van der Waals surface area contributed by atoms with Gasteiger partial charge < -0.3 is 15.5 Å². The number of hydrogen-bond donors (Lipinski definition) is 2. The average Bonchev–Trinajstić information content (AvgIpc) is 3.08. The second-order valence-electron chi connectivity index (χ2n) is 7.64. The second-order valence-corrected chi connectivity index (χ2v) is 8.72. The van der Waals surface area contributed by atoms with Crippen molar-refractivity contribution >= 4 is 41.3 Å². The number of rotatable bonds is 6. The van der Waals surface area contributed by atoms with Crippen LogP contribution in [-0.4, -0.2) is 47.6 Å². The van der Waals surface area contributed by atoms with E-state index in [4.69, 9.17) is 9.98 Å². The fourth-order valence-corrected chi connectivity index (χ4v) is 4.50. The Labute approximate surface area is 196 Å². The lowest BCUT2D eigenvalue weighted by Gasteiger charge is -2.35. The molecule has 0 atom stereocenters. The molecule has 5 nitrogen and oxygen atoms in total. The summed E-state index contributed by atoms with van der Waals surface area (Å²) in [6, 6.07) is 11.5. The molecule has 29 heavy (non-hydrogen) atoms. The van der Waals surface area contributed by atoms with Crippen LogP contribution >= 0.6 is 35.3 Å². The van der Waals surface area contributed by atoms with Crippen LogP contribution in [0.5, 0.6) is 0 Å². The number of piperidine rings is 1. The quantitative estimate of drug-likeness (QED) is 0.326. The van der Waals surface area contributed by atoms with Gasteiger partial charge in [-0.1, -0.05) is 30.3 Å². The van der Waals surface area contributed by atoms with E-state index in [0.29, 0.717) is 18.6 Å². The Bertz CT molecular complexity index is 767. The Hall–Kier alpha value is -1.19. The standard InChI is InChI=1S/C22H33N5S.HI/c1-5-23-22(26-19-11-13-27(14-12-19)16(2)3)24-15-20-17(4)25-21(28-20)18-9-7-6-8-10-18;/h6-10,16,19H,5,11-15H2,1-4H3,(H2,23,24,26);1H. The predicted octanol–water partition coefficient (Wildman–Crippen LogP) is 4.66. The zero-order valence-corrected chi connectivity index (χ0v) is 21.1. The Kier molecular flexibility index (Phi) is 9.85. The van der Waals surface area contributed by atoms with Crippen LogP contribution in [0.2, 0.25) is 0 Å². The molecule has 1 fully saturated rings. The fraction of sp³-hybridized carbons (Fsp3) is 0.545. The summed E-state index contributed by atoms with van der Waals surface area (Å²) in [7, 11) is 0. The molecule has 2 aromatic rings. The minimum absolute atomic E-state index is 0. The van der Waals surface area contributed by atoms with Gasteiger partial charge in [0.05, 0.1) is 12.2 Å². The lowest BCUT2D eigenvalue weighted by molar-refractivity contribution is 0.167. The van der Waals surface area contributed by atoms with E-state index in [1.165, 1.54) is 23.3 Å². The minimum Gasteiger partial charge on any atom is -0.357 e. The summed E-state index contributed by atoms with van der Waals surface area (Å²) in [6.07, 6.45) is 2.33. The van der Waals surface area contributed by atoms with Gasteiger partial charge in [-0.3, -0.25) is 0 Å². The first-order chi connectivity index (χ1) is 13.6. The second kappa shape index (κ2) is 11.9. The van der Waals surface area contributed by atoms with Crippen LogP contribution in [0.15, 0.2) is 35.3 Å². The van der Waals surface area contributed by atoms with Crippen LogP contribution < -0.4 is 10.6 Å². The number of thiazole rings is 1. The number of nitrogens with zero attached hydrogens (tertiary/aromatic N) is 3. The summed E-state index contributed by atoms with van der Waals surface area (Å²) < 4.78 is 0. The van der Waals surface area contributed by atoms with Crippen molar-refractivity contribution in [3.63, 3.8) is 0 Å². The maximum absolute atomic E-state index is 4.85. The number of guanidine groups is 1. The number of nitrogens with one attached hydrogen (secondary N) is 2. The molecular weight excluding hydrogens is 493 g/mol. The highest BCUT2D eigenvalue weighted by Crippen LogP contribution is 2.28. The number of aliphatic imine (C=N–C) groups is 1. The number of hydrogen-bond acceptors (Lipinski definition) is 4. The van der Waals surface area contributed by atoms with Gasteiger partial charge in [-0.05, 0) is 40.5 Å². The first-order valence-electron chi connectivity index (χ1n) is 10.4. The van der Waals surface area contributed by atoms with E-state index < -0.39 is 0 Å². The van der Waals surface area contributed by atoms with Crippen LogP contribution in [0.25, 0.3) is 10.6 Å². The summed E-state index contributed by atoms with van der Waals surface area (Å²) >= 11 is 1.74. The maximum atomic E-state index is 4.85. The summed E-state index contributed by atoms with van der Waals surface area (Å²) in [5, 5.41) is 8.11. The molecule has 2 N–H and O–H groups in total. The highest BCUT2D eigenvalue weighted by molar-refractivity contribution is 14.0. The van der Waals surface area contributed by atoms with Crippen molar-refractivity contribution in [3.8, 4) is 10.6 Å². The molecule has 1 aromatic heterocycles. The molecule has 1 saturated heterocycles. The van der Waals surface area contributed by atoms with Crippen LogP contribution in [-0.2, 0) is 6.54 Å². The smallest absolute Gasteiger partial charge is 0.191 e. The van der Waals surface area contributed by atoms with Crippen molar-refractivity contribution in [2.45, 2.75) is 59.2 Å². The van der Waals surface area contributed by atoms with Crippen molar-refractivity contribution in [1.29, 1.82) is 0 Å². The largest absolute Gasteiger partial charge is 0.357 e. The van der Waals surface area contributed by atoms with Gasteiger partial charge in [0.1, 0.15) is 5.01 Å². The first-order valence-corrected chi connectivity index (χ1v) is 11.2. The average molecular weight is 528 g/mol. The SMILES string of the molecule is CCNC(=NCc1sc(-c2ccccc2)nc1C)NC1CCN(C(C)C)CC1.I. The van der Waals surface area contributed by atoms with Crippen LogP contribution in [0.4, 0.5) is 0 Å². The highest BCUT2D eigenvalue weighted by atomic mass is 127. The molecule has 2 heterocycles. The van der Waals surface area contributed by atoms with Gasteiger partial charge in [-0.25, -0.2) is 9.98 Å². The third-order valence-corrected chi connectivity index (χ3v) is 6.43. The topological polar surface area (TPSA) is 52.6 Å². The number of aryl methyl sites for hydroxylation is 1. The lowest BCUT2D eigenvalue weighted by Crippen LogP contribution is -2.49. The molecule has 0 spiro atoms. The Morgan fingerprint density at radius 2 is 1.93 bits per heavy atom. The molecule has 0 bridgehead atoms. The number of aromatic nitrogens is 1. The molecule has 0 saturated carbocycles. The summed E-state index contributed by atoms with van der Waals surface area (Å²) in [4.78, 5) is 13.4. The number of halogens is 1. The van der Waals surface area contributed by atoms with Crippen molar-refractivity contribution in [2.75, 3.05) is 19.6 Å². The predicted molar refractivity (Wildman–Crippen MR) is 135 cm³/mol. The molecule has 1 aliphatic rings. The normalized spacial score (nSPS) is 16.0. The van der Waals surface area contributed by atoms with E-state index in [2.05, 4.69) is 67.5 Å². The molecular formula is C22H34IN5S. The third kappa shape index (κ3) is 6.93. The summed E-state index contributed by atoms with van der Waals surface area (Å²) in [6.45, 7) is 12.6. The molecule has 0 amide bonds. The Balaban J connectivity index is 0.00000300. The Morgan fingerprint density at radius 1 is 1.24 bits per heavy atom. The van der Waals surface area contributed by atoms with Gasteiger partial charge in [0.15, 0.2) is 5.96 Å². The van der Waals surface area contributed by atoms with Crippen LogP contribution in [0.1, 0.15) is 44.2 Å². The molecule has 160 valence electrons. The van der Waals surface area contributed by atoms with E-state index in [9.17, 15) is 0 Å². The van der Waals surface area contributed by atoms with Crippen molar-refractivity contribution in [2.24, 2.45) is 4.99 Å². The van der Waals surface area contributed by atoms with Gasteiger partial charge in [0.25, 0.3) is 0 Å². The van der Waals surface area contributed by atoms with E-state index >= 15 is 0 Å². The van der Waals surface area contributed by atoms with Crippen LogP contribution in [0.3, 0.4) is 0 Å². The van der Waals surface area contributed by atoms with Crippen molar-refractivity contribution < 1.29 is 0 Å². The van der Waals surface area contributed by atoms with E-state index in [1.807, 2.05) is 6.07 Å². The lowest BCUT2D eigenvalue weighted by atomic mass is 10.0.